The minimum absolute atomic E-state index is 0.274. The van der Waals surface area contributed by atoms with Crippen molar-refractivity contribution in [1.29, 1.82) is 0 Å². The molecule has 0 saturated heterocycles. The topological polar surface area (TPSA) is 67.2 Å². The molecular weight excluding hydrogens is 218 g/mol. The van der Waals surface area contributed by atoms with Gasteiger partial charge in [-0.1, -0.05) is 6.92 Å². The van der Waals surface area contributed by atoms with E-state index in [0.29, 0.717) is 5.92 Å². The molecule has 2 N–H and O–H groups in total. The van der Waals surface area contributed by atoms with Gasteiger partial charge in [0.1, 0.15) is 0 Å². The maximum atomic E-state index is 10.4. The van der Waals surface area contributed by atoms with E-state index in [1.807, 2.05) is 10.8 Å². The van der Waals surface area contributed by atoms with E-state index < -0.39 is 5.97 Å². The second-order valence-corrected chi connectivity index (χ2v) is 4.38. The van der Waals surface area contributed by atoms with Crippen LogP contribution in [0.15, 0.2) is 18.7 Å². The summed E-state index contributed by atoms with van der Waals surface area (Å²) in [5.74, 6) is -0.239. The van der Waals surface area contributed by atoms with Crippen molar-refractivity contribution in [1.82, 2.24) is 14.9 Å². The number of carbonyl (C=O) groups is 1. The Kier molecular flexibility index (Phi) is 6.32. The SMILES string of the molecule is CC(CCNCCn1ccnc1)CCC(=O)O. The fraction of sp³-hybridized carbons (Fsp3) is 0.667. The first-order valence-electron chi connectivity index (χ1n) is 6.06. The summed E-state index contributed by atoms with van der Waals surface area (Å²) in [4.78, 5) is 14.4. The van der Waals surface area contributed by atoms with Gasteiger partial charge in [-0.15, -0.1) is 0 Å². The number of aliphatic carboxylic acids is 1. The highest BCUT2D eigenvalue weighted by atomic mass is 16.4. The fourth-order valence-electron chi connectivity index (χ4n) is 1.61. The summed E-state index contributed by atoms with van der Waals surface area (Å²) in [5, 5.41) is 11.9. The van der Waals surface area contributed by atoms with Crippen LogP contribution < -0.4 is 5.32 Å². The Morgan fingerprint density at radius 1 is 1.47 bits per heavy atom. The van der Waals surface area contributed by atoms with Crippen molar-refractivity contribution >= 4 is 5.97 Å². The molecule has 1 rings (SSSR count). The standard InChI is InChI=1S/C12H21N3O2/c1-11(2-3-12(16)17)4-5-13-6-8-15-9-7-14-10-15/h7,9-11,13H,2-6,8H2,1H3,(H,16,17). The molecule has 0 aromatic carbocycles. The number of imidazole rings is 1. The zero-order valence-electron chi connectivity index (χ0n) is 10.3. The Hall–Kier alpha value is -1.36. The van der Waals surface area contributed by atoms with E-state index in [-0.39, 0.29) is 6.42 Å². The number of carboxylic acid groups (broad SMARTS) is 1. The van der Waals surface area contributed by atoms with Gasteiger partial charge in [-0.05, 0) is 25.3 Å². The molecule has 1 aromatic heterocycles. The van der Waals surface area contributed by atoms with Gasteiger partial charge in [0.25, 0.3) is 0 Å². The summed E-state index contributed by atoms with van der Waals surface area (Å²) in [6, 6.07) is 0. The third kappa shape index (κ3) is 6.73. The molecule has 0 fully saturated rings. The molecule has 0 aliphatic heterocycles. The predicted octanol–water partition coefficient (Wildman–Crippen LogP) is 1.36. The number of hydrogen-bond acceptors (Lipinski definition) is 3. The Labute approximate surface area is 102 Å². The first-order valence-corrected chi connectivity index (χ1v) is 6.06. The summed E-state index contributed by atoms with van der Waals surface area (Å²) in [6.07, 6.45) is 7.58. The van der Waals surface area contributed by atoms with Gasteiger partial charge in [-0.25, -0.2) is 4.98 Å². The van der Waals surface area contributed by atoms with E-state index in [2.05, 4.69) is 17.2 Å². The summed E-state index contributed by atoms with van der Waals surface area (Å²) in [6.45, 7) is 4.88. The highest BCUT2D eigenvalue weighted by molar-refractivity contribution is 5.66. The van der Waals surface area contributed by atoms with Crippen molar-refractivity contribution in [2.45, 2.75) is 32.7 Å². The Balaban J connectivity index is 1.94. The van der Waals surface area contributed by atoms with E-state index in [1.54, 1.807) is 12.5 Å². The van der Waals surface area contributed by atoms with Crippen molar-refractivity contribution < 1.29 is 9.90 Å². The highest BCUT2D eigenvalue weighted by Gasteiger charge is 2.04. The molecule has 0 bridgehead atoms. The number of rotatable bonds is 9. The van der Waals surface area contributed by atoms with E-state index in [0.717, 1.165) is 32.5 Å². The first kappa shape index (κ1) is 13.7. The van der Waals surface area contributed by atoms with Crippen LogP contribution in [0.4, 0.5) is 0 Å². The van der Waals surface area contributed by atoms with Crippen molar-refractivity contribution in [3.8, 4) is 0 Å². The van der Waals surface area contributed by atoms with Gasteiger partial charge in [0.05, 0.1) is 6.33 Å². The molecule has 1 aromatic rings. The first-order chi connectivity index (χ1) is 8.18. The van der Waals surface area contributed by atoms with Gasteiger partial charge in [0, 0.05) is 31.9 Å². The molecule has 0 spiro atoms. The summed E-state index contributed by atoms with van der Waals surface area (Å²) >= 11 is 0. The zero-order valence-corrected chi connectivity index (χ0v) is 10.3. The second-order valence-electron chi connectivity index (χ2n) is 4.38. The van der Waals surface area contributed by atoms with Gasteiger partial charge in [-0.3, -0.25) is 4.79 Å². The third-order valence-corrected chi connectivity index (χ3v) is 2.77. The third-order valence-electron chi connectivity index (χ3n) is 2.77. The van der Waals surface area contributed by atoms with Gasteiger partial charge in [0.2, 0.25) is 0 Å². The lowest BCUT2D eigenvalue weighted by Crippen LogP contribution is -2.22. The average molecular weight is 239 g/mol. The van der Waals surface area contributed by atoms with Gasteiger partial charge < -0.3 is 15.0 Å². The van der Waals surface area contributed by atoms with Gasteiger partial charge >= 0.3 is 5.97 Å². The molecule has 5 nitrogen and oxygen atoms in total. The number of nitrogens with one attached hydrogen (secondary N) is 1. The van der Waals surface area contributed by atoms with Crippen LogP contribution >= 0.6 is 0 Å². The highest BCUT2D eigenvalue weighted by Crippen LogP contribution is 2.08. The predicted molar refractivity (Wildman–Crippen MR) is 65.7 cm³/mol. The minimum atomic E-state index is -0.704. The van der Waals surface area contributed by atoms with Crippen molar-refractivity contribution in [2.24, 2.45) is 5.92 Å². The van der Waals surface area contributed by atoms with Crippen LogP contribution in [0.25, 0.3) is 0 Å². The summed E-state index contributed by atoms with van der Waals surface area (Å²) in [5.41, 5.74) is 0. The maximum absolute atomic E-state index is 10.4. The maximum Gasteiger partial charge on any atom is 0.303 e. The van der Waals surface area contributed by atoms with Crippen LogP contribution in [-0.2, 0) is 11.3 Å². The average Bonchev–Trinajstić information content (AvgIpc) is 2.79. The number of nitrogens with zero attached hydrogens (tertiary/aromatic N) is 2. The Bertz CT molecular complexity index is 312. The molecule has 0 amide bonds. The quantitative estimate of drug-likeness (QED) is 0.639. The zero-order chi connectivity index (χ0) is 12.5. The van der Waals surface area contributed by atoms with Crippen LogP contribution in [0.2, 0.25) is 0 Å². The number of hydrogen-bond donors (Lipinski definition) is 2. The molecule has 1 atom stereocenters. The van der Waals surface area contributed by atoms with Crippen LogP contribution in [-0.4, -0.2) is 33.7 Å². The molecule has 1 heterocycles. The van der Waals surface area contributed by atoms with Crippen LogP contribution in [0.3, 0.4) is 0 Å². The lowest BCUT2D eigenvalue weighted by molar-refractivity contribution is -0.137. The lowest BCUT2D eigenvalue weighted by Gasteiger charge is -2.10. The van der Waals surface area contributed by atoms with Crippen molar-refractivity contribution in [3.63, 3.8) is 0 Å². The fourth-order valence-corrected chi connectivity index (χ4v) is 1.61. The second kappa shape index (κ2) is 7.84. The normalized spacial score (nSPS) is 12.5. The molecule has 0 aliphatic carbocycles. The molecule has 0 radical (unpaired) electrons. The van der Waals surface area contributed by atoms with E-state index >= 15 is 0 Å². The largest absolute Gasteiger partial charge is 0.481 e. The molecule has 1 unspecified atom stereocenters. The molecule has 96 valence electrons. The smallest absolute Gasteiger partial charge is 0.303 e. The summed E-state index contributed by atoms with van der Waals surface area (Å²) in [7, 11) is 0. The van der Waals surface area contributed by atoms with Crippen LogP contribution in [0.5, 0.6) is 0 Å². The molecule has 0 aliphatic rings. The molecule has 5 heteroatoms. The van der Waals surface area contributed by atoms with Gasteiger partial charge in [0.15, 0.2) is 0 Å². The van der Waals surface area contributed by atoms with E-state index in [4.69, 9.17) is 5.11 Å². The molecule has 17 heavy (non-hydrogen) atoms. The van der Waals surface area contributed by atoms with Gasteiger partial charge in [-0.2, -0.15) is 0 Å². The monoisotopic (exact) mass is 239 g/mol. The Morgan fingerprint density at radius 2 is 2.29 bits per heavy atom. The lowest BCUT2D eigenvalue weighted by atomic mass is 10.0. The van der Waals surface area contributed by atoms with Crippen molar-refractivity contribution in [3.05, 3.63) is 18.7 Å². The Morgan fingerprint density at radius 3 is 2.94 bits per heavy atom. The number of aromatic nitrogens is 2. The summed E-state index contributed by atoms with van der Waals surface area (Å²) < 4.78 is 2.03. The minimum Gasteiger partial charge on any atom is -0.481 e. The molecule has 0 saturated carbocycles. The van der Waals surface area contributed by atoms with Crippen molar-refractivity contribution in [2.75, 3.05) is 13.1 Å². The van der Waals surface area contributed by atoms with Crippen LogP contribution in [0, 0.1) is 5.92 Å². The number of carboxylic acids is 1. The molecular formula is C12H21N3O2. The van der Waals surface area contributed by atoms with Crippen LogP contribution in [0.1, 0.15) is 26.2 Å². The van der Waals surface area contributed by atoms with E-state index in [9.17, 15) is 4.79 Å². The van der Waals surface area contributed by atoms with E-state index in [1.165, 1.54) is 0 Å².